The fourth-order valence-electron chi connectivity index (χ4n) is 3.44. The summed E-state index contributed by atoms with van der Waals surface area (Å²) in [5, 5.41) is 14.3. The third-order valence-electron chi connectivity index (χ3n) is 4.90. The summed E-state index contributed by atoms with van der Waals surface area (Å²) < 4.78 is 5.28. The van der Waals surface area contributed by atoms with Gasteiger partial charge in [0.15, 0.2) is 0 Å². The second kappa shape index (κ2) is 10.7. The van der Waals surface area contributed by atoms with Crippen molar-refractivity contribution in [2.24, 2.45) is 0 Å². The first-order valence-electron chi connectivity index (χ1n) is 10.5. The van der Waals surface area contributed by atoms with Crippen LogP contribution in [0.3, 0.4) is 0 Å². The van der Waals surface area contributed by atoms with Crippen LogP contribution in [-0.4, -0.2) is 40.3 Å². The van der Waals surface area contributed by atoms with E-state index in [2.05, 4.69) is 5.32 Å². The lowest BCUT2D eigenvalue weighted by Gasteiger charge is -2.33. The molecule has 0 radical (unpaired) electrons. The molecule has 2 aromatic rings. The first-order valence-corrected chi connectivity index (χ1v) is 10.5. The number of ether oxygens (including phenoxy) is 1. The number of hydrogen-bond donors (Lipinski definition) is 1. The number of para-hydroxylation sites is 1. The van der Waals surface area contributed by atoms with E-state index in [4.69, 9.17) is 4.74 Å². The molecule has 1 atom stereocenters. The van der Waals surface area contributed by atoms with Crippen LogP contribution in [0, 0.1) is 10.1 Å². The van der Waals surface area contributed by atoms with Crippen molar-refractivity contribution in [1.29, 1.82) is 0 Å². The van der Waals surface area contributed by atoms with Crippen LogP contribution in [0.1, 0.15) is 45.2 Å². The highest BCUT2D eigenvalue weighted by Crippen LogP contribution is 2.22. The second-order valence-electron chi connectivity index (χ2n) is 8.60. The molecule has 0 fully saturated rings. The first kappa shape index (κ1) is 24.8. The molecule has 0 bridgehead atoms. The van der Waals surface area contributed by atoms with Gasteiger partial charge in [0.25, 0.3) is 5.69 Å². The van der Waals surface area contributed by atoms with Crippen molar-refractivity contribution < 1.29 is 19.2 Å². The van der Waals surface area contributed by atoms with E-state index in [1.54, 1.807) is 37.4 Å². The van der Waals surface area contributed by atoms with Crippen LogP contribution in [0.15, 0.2) is 48.5 Å². The number of amides is 2. The molecule has 0 aliphatic carbocycles. The summed E-state index contributed by atoms with van der Waals surface area (Å²) in [7, 11) is 1.56. The zero-order valence-corrected chi connectivity index (χ0v) is 19.3. The van der Waals surface area contributed by atoms with Crippen molar-refractivity contribution in [3.63, 3.8) is 0 Å². The average Bonchev–Trinajstić information content (AvgIpc) is 2.72. The summed E-state index contributed by atoms with van der Waals surface area (Å²) in [5.41, 5.74) is 0.522. The number of methoxy groups -OCH3 is 1. The molecule has 0 saturated carbocycles. The van der Waals surface area contributed by atoms with Gasteiger partial charge in [0.1, 0.15) is 11.8 Å². The molecule has 0 aromatic heterocycles. The first-order chi connectivity index (χ1) is 15.1. The average molecular weight is 442 g/mol. The molecule has 1 N–H and O–H groups in total. The third-order valence-corrected chi connectivity index (χ3v) is 4.90. The van der Waals surface area contributed by atoms with Gasteiger partial charge in [-0.3, -0.25) is 19.7 Å². The Bertz CT molecular complexity index is 968. The van der Waals surface area contributed by atoms with Crippen molar-refractivity contribution >= 4 is 17.5 Å². The molecule has 2 rings (SSSR count). The number of benzene rings is 2. The minimum atomic E-state index is -0.726. The predicted molar refractivity (Wildman–Crippen MR) is 122 cm³/mol. The quantitative estimate of drug-likeness (QED) is 0.470. The Hall–Kier alpha value is -3.42. The van der Waals surface area contributed by atoms with E-state index in [0.29, 0.717) is 17.7 Å². The van der Waals surface area contributed by atoms with Crippen molar-refractivity contribution in [3.05, 3.63) is 69.8 Å². The van der Waals surface area contributed by atoms with E-state index in [9.17, 15) is 19.7 Å². The fraction of sp³-hybridized carbons (Fsp3) is 0.417. The van der Waals surface area contributed by atoms with Gasteiger partial charge in [-0.05, 0) is 44.9 Å². The van der Waals surface area contributed by atoms with E-state index >= 15 is 0 Å². The highest BCUT2D eigenvalue weighted by atomic mass is 16.6. The van der Waals surface area contributed by atoms with Gasteiger partial charge in [-0.1, -0.05) is 37.3 Å². The normalized spacial score (nSPS) is 12.0. The summed E-state index contributed by atoms with van der Waals surface area (Å²) in [6.45, 7) is 7.63. The molecule has 0 saturated heterocycles. The fourth-order valence-corrected chi connectivity index (χ4v) is 3.44. The maximum atomic E-state index is 13.4. The molecule has 0 aliphatic heterocycles. The number of hydrogen-bond acceptors (Lipinski definition) is 5. The molecule has 1 unspecified atom stereocenters. The van der Waals surface area contributed by atoms with Crippen molar-refractivity contribution in [1.82, 2.24) is 10.2 Å². The molecule has 8 heteroatoms. The van der Waals surface area contributed by atoms with E-state index < -0.39 is 16.5 Å². The predicted octanol–water partition coefficient (Wildman–Crippen LogP) is 3.87. The Balaban J connectivity index is 2.40. The number of carbonyl (C=O) groups is 2. The van der Waals surface area contributed by atoms with Crippen LogP contribution in [0.5, 0.6) is 5.75 Å². The molecule has 32 heavy (non-hydrogen) atoms. The molecule has 172 valence electrons. The van der Waals surface area contributed by atoms with Crippen LogP contribution in [0.2, 0.25) is 0 Å². The lowest BCUT2D eigenvalue weighted by Crippen LogP contribution is -2.53. The van der Waals surface area contributed by atoms with Crippen LogP contribution in [0.25, 0.3) is 0 Å². The Morgan fingerprint density at radius 3 is 2.44 bits per heavy atom. The Labute approximate surface area is 188 Å². The highest BCUT2D eigenvalue weighted by Gasteiger charge is 2.31. The number of carbonyl (C=O) groups excluding carboxylic acids is 2. The van der Waals surface area contributed by atoms with Crippen molar-refractivity contribution in [2.75, 3.05) is 7.11 Å². The number of nitrogens with zero attached hydrogens (tertiary/aromatic N) is 2. The van der Waals surface area contributed by atoms with E-state index in [1.807, 2.05) is 39.8 Å². The molecular formula is C24H31N3O5. The summed E-state index contributed by atoms with van der Waals surface area (Å²) in [6.07, 6.45) is 0.217. The van der Waals surface area contributed by atoms with Crippen LogP contribution in [-0.2, 0) is 22.6 Å². The SMILES string of the molecule is CCC(C(=O)NC(C)(C)C)N(Cc1cccc(OC)c1)C(=O)Cc1ccccc1[N+](=O)[O-]. The lowest BCUT2D eigenvalue weighted by atomic mass is 10.0. The van der Waals surface area contributed by atoms with Gasteiger partial charge in [0.2, 0.25) is 11.8 Å². The Kier molecular flexibility index (Phi) is 8.34. The van der Waals surface area contributed by atoms with Crippen molar-refractivity contribution in [3.8, 4) is 5.75 Å². The van der Waals surface area contributed by atoms with Gasteiger partial charge in [-0.2, -0.15) is 0 Å². The zero-order valence-electron chi connectivity index (χ0n) is 19.3. The zero-order chi connectivity index (χ0) is 23.9. The highest BCUT2D eigenvalue weighted by molar-refractivity contribution is 5.89. The van der Waals surface area contributed by atoms with E-state index in [1.165, 1.54) is 11.0 Å². The maximum Gasteiger partial charge on any atom is 0.273 e. The molecule has 0 heterocycles. The Morgan fingerprint density at radius 2 is 1.84 bits per heavy atom. The molecule has 2 aromatic carbocycles. The molecule has 2 amide bonds. The number of rotatable bonds is 9. The largest absolute Gasteiger partial charge is 0.497 e. The minimum absolute atomic E-state index is 0.116. The van der Waals surface area contributed by atoms with E-state index in [0.717, 1.165) is 5.56 Å². The minimum Gasteiger partial charge on any atom is -0.497 e. The topological polar surface area (TPSA) is 102 Å². The number of nitrogens with one attached hydrogen (secondary N) is 1. The van der Waals surface area contributed by atoms with Crippen LogP contribution < -0.4 is 10.1 Å². The number of nitro benzene ring substituents is 1. The van der Waals surface area contributed by atoms with E-state index in [-0.39, 0.29) is 30.5 Å². The van der Waals surface area contributed by atoms with Gasteiger partial charge < -0.3 is 15.0 Å². The van der Waals surface area contributed by atoms with Gasteiger partial charge in [-0.25, -0.2) is 0 Å². The summed E-state index contributed by atoms with van der Waals surface area (Å²) in [6, 6.07) is 12.7. The third kappa shape index (κ3) is 6.80. The monoisotopic (exact) mass is 441 g/mol. The van der Waals surface area contributed by atoms with Crippen molar-refractivity contribution in [2.45, 2.75) is 58.7 Å². The van der Waals surface area contributed by atoms with Gasteiger partial charge in [0.05, 0.1) is 18.5 Å². The van der Waals surface area contributed by atoms with Gasteiger partial charge >= 0.3 is 0 Å². The number of nitro groups is 1. The second-order valence-corrected chi connectivity index (χ2v) is 8.60. The van der Waals surface area contributed by atoms with Gasteiger partial charge in [-0.15, -0.1) is 0 Å². The molecule has 0 aliphatic rings. The standard InChI is InChI=1S/C24H31N3O5/c1-6-20(23(29)25-24(2,3)4)26(16-17-10-9-12-19(14-17)32-5)22(28)15-18-11-7-8-13-21(18)27(30)31/h7-14,20H,6,15-16H2,1-5H3,(H,25,29). The summed E-state index contributed by atoms with van der Waals surface area (Å²) in [5.74, 6) is 0.0117. The maximum absolute atomic E-state index is 13.4. The van der Waals surface area contributed by atoms with Crippen LogP contribution in [0.4, 0.5) is 5.69 Å². The summed E-state index contributed by atoms with van der Waals surface area (Å²) in [4.78, 5) is 38.8. The van der Waals surface area contributed by atoms with Crippen LogP contribution >= 0.6 is 0 Å². The lowest BCUT2D eigenvalue weighted by molar-refractivity contribution is -0.385. The molecular weight excluding hydrogens is 410 g/mol. The summed E-state index contributed by atoms with van der Waals surface area (Å²) >= 11 is 0. The molecule has 0 spiro atoms. The molecule has 8 nitrogen and oxygen atoms in total. The smallest absolute Gasteiger partial charge is 0.273 e. The van der Waals surface area contributed by atoms with Gasteiger partial charge in [0, 0.05) is 23.7 Å². The Morgan fingerprint density at radius 1 is 1.16 bits per heavy atom.